The van der Waals surface area contributed by atoms with Crippen molar-refractivity contribution in [2.45, 2.75) is 32.1 Å². The van der Waals surface area contributed by atoms with Gasteiger partial charge in [0.2, 0.25) is 0 Å². The Kier molecular flexibility index (Phi) is 7.88. The average Bonchev–Trinajstić information content (AvgIpc) is 3.57. The Morgan fingerprint density at radius 2 is 0.921 bits per heavy atom. The Bertz CT molecular complexity index is 3750. The van der Waals surface area contributed by atoms with Crippen molar-refractivity contribution >= 4 is 59.9 Å². The number of rotatable bonds is 4. The first kappa shape index (κ1) is 36.1. The summed E-state index contributed by atoms with van der Waals surface area (Å²) in [5.41, 5.74) is 18.5. The molecule has 13 rings (SSSR count). The van der Waals surface area contributed by atoms with E-state index >= 15 is 0 Å². The van der Waals surface area contributed by atoms with E-state index in [4.69, 9.17) is 0 Å². The van der Waals surface area contributed by atoms with Crippen LogP contribution in [-0.2, 0) is 11.8 Å². The lowest BCUT2D eigenvalue weighted by Gasteiger charge is -2.25. The standard InChI is InChI=1S/C63H44/c1-63(2)57-31-17-16-24-46(57)47-34-32-42(38-58(47)63)61-52-29-14-15-30-53(52)62(55-36-40-20-6-7-21-43(40)44-22-8-9-23-45(44)55)54-35-33-41(37-56(54)61)60-50-27-12-10-25-48(50)59(39-18-4-3-5-19-39)49-26-11-13-28-51(49)60/h3-10,12-25,27-38H,11,26H2,1-2H3. The van der Waals surface area contributed by atoms with E-state index in [9.17, 15) is 0 Å². The molecule has 0 saturated carbocycles. The van der Waals surface area contributed by atoms with E-state index in [1.54, 1.807) is 0 Å². The minimum absolute atomic E-state index is 0.118. The smallest absolute Gasteiger partial charge is 0.0159 e. The lowest BCUT2D eigenvalue weighted by atomic mass is 9.78. The molecule has 0 unspecified atom stereocenters. The molecule has 2 aliphatic rings. The van der Waals surface area contributed by atoms with Gasteiger partial charge in [-0.25, -0.2) is 0 Å². The number of fused-ring (bicyclic) bond motifs is 10. The normalized spacial score (nSPS) is 13.8. The molecule has 0 spiro atoms. The molecule has 11 aromatic rings. The molecule has 0 amide bonds. The molecule has 0 nitrogen and oxygen atoms in total. The van der Waals surface area contributed by atoms with Gasteiger partial charge in [-0.2, -0.15) is 0 Å². The third-order valence-electron chi connectivity index (χ3n) is 14.5. The van der Waals surface area contributed by atoms with E-state index in [2.05, 4.69) is 220 Å². The van der Waals surface area contributed by atoms with Gasteiger partial charge < -0.3 is 0 Å². The van der Waals surface area contributed by atoms with Crippen LogP contribution in [0.15, 0.2) is 200 Å². The zero-order chi connectivity index (χ0) is 41.8. The first-order valence-electron chi connectivity index (χ1n) is 22.5. The molecule has 296 valence electrons. The molecule has 0 atom stereocenters. The molecule has 0 N–H and O–H groups in total. The molecule has 0 heteroatoms. The van der Waals surface area contributed by atoms with Crippen molar-refractivity contribution in [2.24, 2.45) is 0 Å². The third kappa shape index (κ3) is 5.28. The van der Waals surface area contributed by atoms with Gasteiger partial charge in [-0.1, -0.05) is 202 Å². The molecule has 0 aromatic heterocycles. The van der Waals surface area contributed by atoms with Crippen LogP contribution in [0.4, 0.5) is 0 Å². The largest absolute Gasteiger partial charge is 0.0836 e. The van der Waals surface area contributed by atoms with Crippen molar-refractivity contribution in [3.63, 3.8) is 0 Å². The molecule has 0 radical (unpaired) electrons. The summed E-state index contributed by atoms with van der Waals surface area (Å²) in [6.45, 7) is 4.79. The Morgan fingerprint density at radius 1 is 0.349 bits per heavy atom. The van der Waals surface area contributed by atoms with Gasteiger partial charge in [0.25, 0.3) is 0 Å². The van der Waals surface area contributed by atoms with Gasteiger partial charge in [0.1, 0.15) is 0 Å². The summed E-state index contributed by atoms with van der Waals surface area (Å²) in [7, 11) is 0. The first-order valence-corrected chi connectivity index (χ1v) is 22.5. The lowest BCUT2D eigenvalue weighted by molar-refractivity contribution is 0.660. The van der Waals surface area contributed by atoms with Crippen LogP contribution in [0.5, 0.6) is 0 Å². The maximum atomic E-state index is 2.55. The monoisotopic (exact) mass is 800 g/mol. The van der Waals surface area contributed by atoms with E-state index in [0.29, 0.717) is 0 Å². The zero-order valence-electron chi connectivity index (χ0n) is 35.5. The van der Waals surface area contributed by atoms with Crippen molar-refractivity contribution < 1.29 is 0 Å². The highest BCUT2D eigenvalue weighted by Gasteiger charge is 2.35. The van der Waals surface area contributed by atoms with Gasteiger partial charge in [0.15, 0.2) is 0 Å². The SMILES string of the molecule is CC1(C)c2ccccc2-c2ccc(-c3c4ccccc4c(-c4cc5ccccc5c5ccccc45)c4ccc(-c5c6c(c(-c7ccccc7)c7ccccc57)CCC=C6)cc34)cc21. The summed E-state index contributed by atoms with van der Waals surface area (Å²) in [6, 6.07) is 73.3. The zero-order valence-corrected chi connectivity index (χ0v) is 35.5. The van der Waals surface area contributed by atoms with Crippen molar-refractivity contribution in [2.75, 3.05) is 0 Å². The topological polar surface area (TPSA) is 0 Å². The molecule has 2 aliphatic carbocycles. The molecular formula is C63H44. The minimum Gasteiger partial charge on any atom is -0.0836 e. The maximum Gasteiger partial charge on any atom is 0.0159 e. The van der Waals surface area contributed by atoms with E-state index in [1.807, 2.05) is 0 Å². The van der Waals surface area contributed by atoms with Crippen LogP contribution in [0.2, 0.25) is 0 Å². The molecule has 0 fully saturated rings. The highest BCUT2D eigenvalue weighted by Crippen LogP contribution is 2.53. The number of hydrogen-bond acceptors (Lipinski definition) is 0. The van der Waals surface area contributed by atoms with Crippen LogP contribution < -0.4 is 0 Å². The van der Waals surface area contributed by atoms with Crippen LogP contribution in [0.3, 0.4) is 0 Å². The van der Waals surface area contributed by atoms with Crippen molar-refractivity contribution in [1.82, 2.24) is 0 Å². The van der Waals surface area contributed by atoms with E-state index in [1.165, 1.54) is 132 Å². The summed E-state index contributed by atoms with van der Waals surface area (Å²) in [5, 5.41) is 12.8. The van der Waals surface area contributed by atoms with Gasteiger partial charge in [0, 0.05) is 5.41 Å². The predicted octanol–water partition coefficient (Wildman–Crippen LogP) is 17.4. The third-order valence-corrected chi connectivity index (χ3v) is 14.5. The van der Waals surface area contributed by atoms with Gasteiger partial charge in [-0.3, -0.25) is 0 Å². The fourth-order valence-corrected chi connectivity index (χ4v) is 11.7. The molecule has 0 saturated heterocycles. The Balaban J connectivity index is 1.17. The number of hydrogen-bond donors (Lipinski definition) is 0. The maximum absolute atomic E-state index is 2.55. The quantitative estimate of drug-likeness (QED) is 0.123. The summed E-state index contributed by atoms with van der Waals surface area (Å²) in [6.07, 6.45) is 6.85. The number of allylic oxidation sites excluding steroid dienone is 1. The highest BCUT2D eigenvalue weighted by atomic mass is 14.4. The fraction of sp³-hybridized carbons (Fsp3) is 0.0794. The van der Waals surface area contributed by atoms with Crippen LogP contribution >= 0.6 is 0 Å². The Hall–Kier alpha value is -7.54. The molecular weight excluding hydrogens is 757 g/mol. The van der Waals surface area contributed by atoms with Crippen molar-refractivity contribution in [1.29, 1.82) is 0 Å². The van der Waals surface area contributed by atoms with Crippen LogP contribution in [0.25, 0.3) is 116 Å². The fourth-order valence-electron chi connectivity index (χ4n) is 11.7. The lowest BCUT2D eigenvalue weighted by Crippen LogP contribution is -2.14. The summed E-state index contributed by atoms with van der Waals surface area (Å²) >= 11 is 0. The summed E-state index contributed by atoms with van der Waals surface area (Å²) < 4.78 is 0. The van der Waals surface area contributed by atoms with Crippen LogP contribution in [0, 0.1) is 0 Å². The number of benzene rings is 11. The molecule has 11 aromatic carbocycles. The second-order valence-corrected chi connectivity index (χ2v) is 18.2. The Morgan fingerprint density at radius 3 is 1.71 bits per heavy atom. The molecule has 0 heterocycles. The van der Waals surface area contributed by atoms with E-state index < -0.39 is 0 Å². The van der Waals surface area contributed by atoms with Crippen LogP contribution in [-0.4, -0.2) is 0 Å². The van der Waals surface area contributed by atoms with Crippen LogP contribution in [0.1, 0.15) is 42.5 Å². The van der Waals surface area contributed by atoms with Crippen molar-refractivity contribution in [3.8, 4) is 55.6 Å². The molecule has 63 heavy (non-hydrogen) atoms. The first-order chi connectivity index (χ1) is 31.0. The van der Waals surface area contributed by atoms with Gasteiger partial charge >= 0.3 is 0 Å². The van der Waals surface area contributed by atoms with Crippen molar-refractivity contribution in [3.05, 3.63) is 222 Å². The minimum atomic E-state index is -0.118. The van der Waals surface area contributed by atoms with Gasteiger partial charge in [-0.15, -0.1) is 0 Å². The Labute approximate surface area is 368 Å². The predicted molar refractivity (Wildman–Crippen MR) is 271 cm³/mol. The van der Waals surface area contributed by atoms with Gasteiger partial charge in [-0.05, 0) is 163 Å². The molecule has 0 aliphatic heterocycles. The van der Waals surface area contributed by atoms with E-state index in [0.717, 1.165) is 12.8 Å². The van der Waals surface area contributed by atoms with Gasteiger partial charge in [0.05, 0.1) is 0 Å². The summed E-state index contributed by atoms with van der Waals surface area (Å²) in [4.78, 5) is 0. The highest BCUT2D eigenvalue weighted by molar-refractivity contribution is 6.26. The summed E-state index contributed by atoms with van der Waals surface area (Å²) in [5.74, 6) is 0. The average molecular weight is 801 g/mol. The van der Waals surface area contributed by atoms with E-state index in [-0.39, 0.29) is 5.41 Å². The second kappa shape index (κ2) is 13.7. The second-order valence-electron chi connectivity index (χ2n) is 18.2. The molecule has 0 bridgehead atoms.